The van der Waals surface area contributed by atoms with Crippen molar-refractivity contribution in [3.05, 3.63) is 63.9 Å². The number of hydrogen-bond donors (Lipinski definition) is 1. The fourth-order valence-corrected chi connectivity index (χ4v) is 3.19. The third-order valence-electron chi connectivity index (χ3n) is 3.83. The number of hydrogen-bond acceptors (Lipinski definition) is 2. The second-order valence-electron chi connectivity index (χ2n) is 5.30. The molecule has 0 aliphatic carbocycles. The number of Topliss-reactive ketones (excluding diaryl/α,β-unsaturated/α-hetero) is 1. The smallest absolute Gasteiger partial charge is 0.137 e. The van der Waals surface area contributed by atoms with E-state index in [-0.39, 0.29) is 23.9 Å². The van der Waals surface area contributed by atoms with Crippen LogP contribution in [0.2, 0.25) is 0 Å². The lowest BCUT2D eigenvalue weighted by Crippen LogP contribution is -2.11. The Balaban J connectivity index is 1.69. The predicted molar refractivity (Wildman–Crippen MR) is 85.1 cm³/mol. The van der Waals surface area contributed by atoms with Gasteiger partial charge < -0.3 is 5.32 Å². The van der Waals surface area contributed by atoms with E-state index in [2.05, 4.69) is 27.3 Å². The molecule has 2 nitrogen and oxygen atoms in total. The zero-order valence-electron chi connectivity index (χ0n) is 11.4. The number of anilines is 1. The molecule has 0 bridgehead atoms. The summed E-state index contributed by atoms with van der Waals surface area (Å²) in [4.78, 5) is 12.3. The molecule has 0 aromatic heterocycles. The highest BCUT2D eigenvalue weighted by Crippen LogP contribution is 2.33. The summed E-state index contributed by atoms with van der Waals surface area (Å²) in [7, 11) is 0. The van der Waals surface area contributed by atoms with Crippen LogP contribution in [0.15, 0.2) is 46.9 Å². The minimum atomic E-state index is -0.326. The summed E-state index contributed by atoms with van der Waals surface area (Å²) in [5.74, 6) is 0.0130. The largest absolute Gasteiger partial charge is 0.384 e. The van der Waals surface area contributed by atoms with Crippen molar-refractivity contribution in [2.45, 2.75) is 18.8 Å². The molecule has 3 rings (SSSR count). The summed E-state index contributed by atoms with van der Waals surface area (Å²) in [6.45, 7) is 0.787. The Kier molecular flexibility index (Phi) is 4.06. The number of nitrogens with one attached hydrogen (secondary N) is 1. The maximum absolute atomic E-state index is 13.5. The highest BCUT2D eigenvalue weighted by Gasteiger charge is 2.24. The molecule has 108 valence electrons. The van der Waals surface area contributed by atoms with Crippen molar-refractivity contribution < 1.29 is 9.18 Å². The van der Waals surface area contributed by atoms with Crippen LogP contribution >= 0.6 is 15.9 Å². The molecule has 1 unspecified atom stereocenters. The van der Waals surface area contributed by atoms with Gasteiger partial charge >= 0.3 is 0 Å². The molecular weight excluding hydrogens is 333 g/mol. The molecule has 1 atom stereocenters. The van der Waals surface area contributed by atoms with Crippen molar-refractivity contribution in [3.8, 4) is 0 Å². The van der Waals surface area contributed by atoms with Crippen LogP contribution in [0.25, 0.3) is 0 Å². The van der Waals surface area contributed by atoms with E-state index in [4.69, 9.17) is 0 Å². The first-order valence-electron chi connectivity index (χ1n) is 6.92. The van der Waals surface area contributed by atoms with Crippen LogP contribution in [0.4, 0.5) is 10.1 Å². The van der Waals surface area contributed by atoms with Gasteiger partial charge in [0.1, 0.15) is 11.6 Å². The minimum absolute atomic E-state index is 0.129. The molecule has 0 amide bonds. The van der Waals surface area contributed by atoms with E-state index >= 15 is 0 Å². The molecular formula is C17H15BrFNO. The highest BCUT2D eigenvalue weighted by atomic mass is 79.9. The first-order chi connectivity index (χ1) is 10.1. The summed E-state index contributed by atoms with van der Waals surface area (Å²) < 4.78 is 13.9. The van der Waals surface area contributed by atoms with E-state index in [1.807, 2.05) is 18.2 Å². The van der Waals surface area contributed by atoms with Crippen LogP contribution in [0.1, 0.15) is 23.5 Å². The zero-order valence-corrected chi connectivity index (χ0v) is 13.0. The number of benzene rings is 2. The van der Waals surface area contributed by atoms with Gasteiger partial charge in [0.05, 0.1) is 4.47 Å². The van der Waals surface area contributed by atoms with E-state index in [1.165, 1.54) is 11.6 Å². The molecule has 4 heteroatoms. The van der Waals surface area contributed by atoms with Crippen LogP contribution < -0.4 is 5.32 Å². The predicted octanol–water partition coefficient (Wildman–Crippen LogP) is 4.30. The van der Waals surface area contributed by atoms with Gasteiger partial charge in [0.2, 0.25) is 0 Å². The van der Waals surface area contributed by atoms with E-state index in [0.29, 0.717) is 16.5 Å². The van der Waals surface area contributed by atoms with Crippen LogP contribution in [0.5, 0.6) is 0 Å². The maximum Gasteiger partial charge on any atom is 0.137 e. The highest BCUT2D eigenvalue weighted by molar-refractivity contribution is 9.10. The average Bonchev–Trinajstić information content (AvgIpc) is 2.87. The lowest BCUT2D eigenvalue weighted by Gasteiger charge is -2.10. The summed E-state index contributed by atoms with van der Waals surface area (Å²) in [6, 6.07) is 12.9. The molecule has 0 saturated carbocycles. The first-order valence-corrected chi connectivity index (χ1v) is 7.72. The van der Waals surface area contributed by atoms with Crippen LogP contribution in [0.3, 0.4) is 0 Å². The van der Waals surface area contributed by atoms with E-state index in [1.54, 1.807) is 12.1 Å². The molecule has 0 spiro atoms. The van der Waals surface area contributed by atoms with Crippen LogP contribution in [0, 0.1) is 5.82 Å². The Labute approximate surface area is 131 Å². The maximum atomic E-state index is 13.5. The molecule has 1 heterocycles. The SMILES string of the molecule is O=C(Cc1cccc(F)c1Br)CC1CNc2ccccc21. The third kappa shape index (κ3) is 3.00. The zero-order chi connectivity index (χ0) is 14.8. The summed E-state index contributed by atoms with van der Waals surface area (Å²) in [6.07, 6.45) is 0.740. The Bertz CT molecular complexity index is 686. The second-order valence-corrected chi connectivity index (χ2v) is 6.09. The summed E-state index contributed by atoms with van der Waals surface area (Å²) in [5, 5.41) is 3.32. The fourth-order valence-electron chi connectivity index (χ4n) is 2.78. The Morgan fingerprint density at radius 1 is 1.24 bits per heavy atom. The van der Waals surface area contributed by atoms with Gasteiger partial charge in [-0.25, -0.2) is 4.39 Å². The van der Waals surface area contributed by atoms with Gasteiger partial charge in [0.25, 0.3) is 0 Å². The molecule has 2 aromatic rings. The van der Waals surface area contributed by atoms with Gasteiger partial charge in [0, 0.05) is 31.0 Å². The van der Waals surface area contributed by atoms with Gasteiger partial charge in [-0.15, -0.1) is 0 Å². The number of halogens is 2. The molecule has 0 saturated heterocycles. The van der Waals surface area contributed by atoms with Gasteiger partial charge in [0.15, 0.2) is 0 Å². The Hall–Kier alpha value is -1.68. The summed E-state index contributed by atoms with van der Waals surface area (Å²) >= 11 is 3.21. The minimum Gasteiger partial charge on any atom is -0.384 e. The van der Waals surface area contributed by atoms with Gasteiger partial charge in [-0.05, 0) is 39.2 Å². The molecule has 1 aliphatic rings. The average molecular weight is 348 g/mol. The number of rotatable bonds is 4. The van der Waals surface area contributed by atoms with E-state index in [9.17, 15) is 9.18 Å². The molecule has 2 aromatic carbocycles. The summed E-state index contributed by atoms with van der Waals surface area (Å²) in [5.41, 5.74) is 3.02. The standard InChI is InChI=1S/C17H15BrFNO/c18-17-11(4-3-6-15(17)19)8-13(21)9-12-10-20-16-7-2-1-5-14(12)16/h1-7,12,20H,8-10H2. The quantitative estimate of drug-likeness (QED) is 0.893. The number of carbonyl (C=O) groups is 1. The number of carbonyl (C=O) groups excluding carboxylic acids is 1. The fraction of sp³-hybridized carbons (Fsp3) is 0.235. The van der Waals surface area contributed by atoms with Gasteiger partial charge in [-0.3, -0.25) is 4.79 Å². The number of para-hydroxylation sites is 1. The number of ketones is 1. The molecule has 1 aliphatic heterocycles. The van der Waals surface area contributed by atoms with Crippen LogP contribution in [-0.2, 0) is 11.2 Å². The van der Waals surface area contributed by atoms with Crippen molar-refractivity contribution in [2.75, 3.05) is 11.9 Å². The third-order valence-corrected chi connectivity index (χ3v) is 4.72. The lowest BCUT2D eigenvalue weighted by atomic mass is 9.93. The molecule has 0 radical (unpaired) electrons. The van der Waals surface area contributed by atoms with Gasteiger partial charge in [-0.1, -0.05) is 30.3 Å². The van der Waals surface area contributed by atoms with Crippen molar-refractivity contribution in [1.82, 2.24) is 0 Å². The first kappa shape index (κ1) is 14.3. The van der Waals surface area contributed by atoms with Crippen molar-refractivity contribution in [1.29, 1.82) is 0 Å². The normalized spacial score (nSPS) is 16.4. The van der Waals surface area contributed by atoms with E-state index < -0.39 is 0 Å². The van der Waals surface area contributed by atoms with Crippen molar-refractivity contribution in [3.63, 3.8) is 0 Å². The van der Waals surface area contributed by atoms with Gasteiger partial charge in [-0.2, -0.15) is 0 Å². The van der Waals surface area contributed by atoms with Crippen molar-refractivity contribution >= 4 is 27.4 Å². The number of fused-ring (bicyclic) bond motifs is 1. The second kappa shape index (κ2) is 5.98. The monoisotopic (exact) mass is 347 g/mol. The Morgan fingerprint density at radius 3 is 2.90 bits per heavy atom. The molecule has 0 fully saturated rings. The van der Waals surface area contributed by atoms with E-state index in [0.717, 1.165) is 12.2 Å². The van der Waals surface area contributed by atoms with Crippen molar-refractivity contribution in [2.24, 2.45) is 0 Å². The molecule has 21 heavy (non-hydrogen) atoms. The lowest BCUT2D eigenvalue weighted by molar-refractivity contribution is -0.118. The molecule has 1 N–H and O–H groups in total. The Morgan fingerprint density at radius 2 is 2.05 bits per heavy atom. The van der Waals surface area contributed by atoms with Crippen LogP contribution in [-0.4, -0.2) is 12.3 Å². The topological polar surface area (TPSA) is 29.1 Å².